The van der Waals surface area contributed by atoms with Crippen LogP contribution in [0.2, 0.25) is 0 Å². The summed E-state index contributed by atoms with van der Waals surface area (Å²) in [4.78, 5) is 22.3. The number of methoxy groups -OCH3 is 1. The number of carboxylic acids is 1. The molecule has 0 saturated carbocycles. The van der Waals surface area contributed by atoms with Crippen LogP contribution in [0.15, 0.2) is 10.6 Å². The molecule has 1 rings (SSSR count). The highest BCUT2D eigenvalue weighted by Crippen LogP contribution is 2.13. The third kappa shape index (κ3) is 3.56. The number of aliphatic carboxylic acids is 1. The predicted molar refractivity (Wildman–Crippen MR) is 61.4 cm³/mol. The molecule has 7 heteroatoms. The fourth-order valence-electron chi connectivity index (χ4n) is 1.21. The maximum absolute atomic E-state index is 11.6. The Morgan fingerprint density at radius 3 is 2.67 bits per heavy atom. The summed E-state index contributed by atoms with van der Waals surface area (Å²) in [5, 5.41) is 14.9. The zero-order chi connectivity index (χ0) is 13.7. The van der Waals surface area contributed by atoms with Crippen LogP contribution in [-0.4, -0.2) is 41.9 Å². The minimum absolute atomic E-state index is 0.0546. The third-order valence-corrected chi connectivity index (χ3v) is 2.35. The van der Waals surface area contributed by atoms with E-state index in [-0.39, 0.29) is 18.2 Å². The normalized spacial score (nSPS) is 12.4. The van der Waals surface area contributed by atoms with Gasteiger partial charge in [-0.15, -0.1) is 0 Å². The van der Waals surface area contributed by atoms with E-state index in [2.05, 4.69) is 15.2 Å². The molecule has 100 valence electrons. The summed E-state index contributed by atoms with van der Waals surface area (Å²) in [7, 11) is 1.26. The predicted octanol–water partition coefficient (Wildman–Crippen LogP) is 0.627. The largest absolute Gasteiger partial charge is 0.479 e. The SMILES string of the molecule is COC(CNC(=O)c1cc(C(C)C)no1)C(=O)O. The van der Waals surface area contributed by atoms with Gasteiger partial charge in [0, 0.05) is 13.2 Å². The van der Waals surface area contributed by atoms with E-state index < -0.39 is 18.0 Å². The van der Waals surface area contributed by atoms with Crippen molar-refractivity contribution in [3.63, 3.8) is 0 Å². The second-order valence-corrected chi connectivity index (χ2v) is 4.04. The van der Waals surface area contributed by atoms with E-state index in [0.29, 0.717) is 5.69 Å². The lowest BCUT2D eigenvalue weighted by Gasteiger charge is -2.10. The molecule has 7 nitrogen and oxygen atoms in total. The highest BCUT2D eigenvalue weighted by molar-refractivity contribution is 5.91. The Morgan fingerprint density at radius 2 is 2.22 bits per heavy atom. The maximum Gasteiger partial charge on any atom is 0.334 e. The van der Waals surface area contributed by atoms with Gasteiger partial charge in [0.1, 0.15) is 0 Å². The second-order valence-electron chi connectivity index (χ2n) is 4.04. The number of nitrogens with zero attached hydrogens (tertiary/aromatic N) is 1. The van der Waals surface area contributed by atoms with Crippen LogP contribution < -0.4 is 5.32 Å². The van der Waals surface area contributed by atoms with Crippen molar-refractivity contribution in [1.82, 2.24) is 10.5 Å². The van der Waals surface area contributed by atoms with E-state index >= 15 is 0 Å². The van der Waals surface area contributed by atoms with E-state index in [0.717, 1.165) is 0 Å². The van der Waals surface area contributed by atoms with Gasteiger partial charge in [-0.25, -0.2) is 4.79 Å². The molecule has 0 aromatic carbocycles. The van der Waals surface area contributed by atoms with Crippen LogP contribution in [0.1, 0.15) is 36.0 Å². The molecule has 1 amide bonds. The number of hydrogen-bond donors (Lipinski definition) is 2. The number of nitrogens with one attached hydrogen (secondary N) is 1. The molecule has 0 fully saturated rings. The van der Waals surface area contributed by atoms with Crippen molar-refractivity contribution < 1.29 is 24.0 Å². The van der Waals surface area contributed by atoms with E-state index in [1.807, 2.05) is 13.8 Å². The average Bonchev–Trinajstić information content (AvgIpc) is 2.78. The first-order valence-corrected chi connectivity index (χ1v) is 5.46. The molecule has 0 spiro atoms. The average molecular weight is 256 g/mol. The first-order chi connectivity index (χ1) is 8.45. The zero-order valence-corrected chi connectivity index (χ0v) is 10.5. The van der Waals surface area contributed by atoms with Gasteiger partial charge in [-0.1, -0.05) is 19.0 Å². The summed E-state index contributed by atoms with van der Waals surface area (Å²) in [5.41, 5.74) is 0.668. The van der Waals surface area contributed by atoms with Gasteiger partial charge in [0.05, 0.1) is 12.2 Å². The second kappa shape index (κ2) is 6.15. The quantitative estimate of drug-likeness (QED) is 0.774. The molecule has 0 aliphatic heterocycles. The Hall–Kier alpha value is -1.89. The highest BCUT2D eigenvalue weighted by atomic mass is 16.5. The molecular weight excluding hydrogens is 240 g/mol. The molecular formula is C11H16N2O5. The monoisotopic (exact) mass is 256 g/mol. The van der Waals surface area contributed by atoms with Crippen LogP contribution in [0.3, 0.4) is 0 Å². The Morgan fingerprint density at radius 1 is 1.56 bits per heavy atom. The molecule has 0 bridgehead atoms. The number of aromatic nitrogens is 1. The van der Waals surface area contributed by atoms with E-state index in [1.54, 1.807) is 0 Å². The Kier molecular flexibility index (Phi) is 4.85. The molecule has 0 aliphatic rings. The van der Waals surface area contributed by atoms with Gasteiger partial charge in [-0.05, 0) is 5.92 Å². The van der Waals surface area contributed by atoms with Crippen molar-refractivity contribution in [1.29, 1.82) is 0 Å². The molecule has 1 atom stereocenters. The van der Waals surface area contributed by atoms with Gasteiger partial charge in [-0.3, -0.25) is 4.79 Å². The first kappa shape index (κ1) is 14.2. The number of carboxylic acid groups (broad SMARTS) is 1. The van der Waals surface area contributed by atoms with Crippen molar-refractivity contribution in [2.75, 3.05) is 13.7 Å². The molecule has 1 heterocycles. The Bertz CT molecular complexity index is 427. The summed E-state index contributed by atoms with van der Waals surface area (Å²) in [6.07, 6.45) is -1.08. The Labute approximate surface area is 104 Å². The summed E-state index contributed by atoms with van der Waals surface area (Å²) >= 11 is 0. The van der Waals surface area contributed by atoms with Crippen molar-refractivity contribution in [2.45, 2.75) is 25.9 Å². The molecule has 0 radical (unpaired) electrons. The summed E-state index contributed by atoms with van der Waals surface area (Å²) < 4.78 is 9.54. The van der Waals surface area contributed by atoms with E-state index in [9.17, 15) is 9.59 Å². The van der Waals surface area contributed by atoms with Crippen molar-refractivity contribution in [3.8, 4) is 0 Å². The van der Waals surface area contributed by atoms with Crippen LogP contribution in [0.4, 0.5) is 0 Å². The van der Waals surface area contributed by atoms with Gasteiger partial charge in [0.25, 0.3) is 5.91 Å². The number of hydrogen-bond acceptors (Lipinski definition) is 5. The highest BCUT2D eigenvalue weighted by Gasteiger charge is 2.20. The Balaban J connectivity index is 2.57. The smallest absolute Gasteiger partial charge is 0.334 e. The van der Waals surface area contributed by atoms with E-state index in [1.165, 1.54) is 13.2 Å². The fourth-order valence-corrected chi connectivity index (χ4v) is 1.21. The van der Waals surface area contributed by atoms with Gasteiger partial charge >= 0.3 is 5.97 Å². The van der Waals surface area contributed by atoms with Gasteiger partial charge < -0.3 is 19.7 Å². The number of carbonyl (C=O) groups is 2. The molecule has 0 aliphatic carbocycles. The van der Waals surface area contributed by atoms with Crippen molar-refractivity contribution in [3.05, 3.63) is 17.5 Å². The molecule has 1 unspecified atom stereocenters. The van der Waals surface area contributed by atoms with Crippen LogP contribution in [-0.2, 0) is 9.53 Å². The van der Waals surface area contributed by atoms with Crippen LogP contribution in [0, 0.1) is 0 Å². The summed E-state index contributed by atoms with van der Waals surface area (Å²) in [5.74, 6) is -1.45. The lowest BCUT2D eigenvalue weighted by Crippen LogP contribution is -2.37. The van der Waals surface area contributed by atoms with Gasteiger partial charge in [0.15, 0.2) is 6.10 Å². The van der Waals surface area contributed by atoms with Gasteiger partial charge in [0.2, 0.25) is 5.76 Å². The standard InChI is InChI=1S/C11H16N2O5/c1-6(2)7-4-8(18-13-7)10(14)12-5-9(17-3)11(15)16/h4,6,9H,5H2,1-3H3,(H,12,14)(H,15,16). The topological polar surface area (TPSA) is 102 Å². The van der Waals surface area contributed by atoms with E-state index in [4.69, 9.17) is 9.63 Å². The third-order valence-electron chi connectivity index (χ3n) is 2.35. The summed E-state index contributed by atoms with van der Waals surface area (Å²) in [6.45, 7) is 3.71. The number of rotatable bonds is 6. The van der Waals surface area contributed by atoms with Crippen LogP contribution in [0.5, 0.6) is 0 Å². The minimum Gasteiger partial charge on any atom is -0.479 e. The number of carbonyl (C=O) groups excluding carboxylic acids is 1. The summed E-state index contributed by atoms with van der Waals surface area (Å²) in [6, 6.07) is 1.53. The van der Waals surface area contributed by atoms with Crippen LogP contribution in [0.25, 0.3) is 0 Å². The zero-order valence-electron chi connectivity index (χ0n) is 10.5. The minimum atomic E-state index is -1.14. The molecule has 1 aromatic rings. The van der Waals surface area contributed by atoms with Crippen molar-refractivity contribution >= 4 is 11.9 Å². The number of amides is 1. The number of ether oxygens (including phenoxy) is 1. The molecule has 2 N–H and O–H groups in total. The molecule has 18 heavy (non-hydrogen) atoms. The fraction of sp³-hybridized carbons (Fsp3) is 0.545. The first-order valence-electron chi connectivity index (χ1n) is 5.46. The lowest BCUT2D eigenvalue weighted by atomic mass is 10.1. The lowest BCUT2D eigenvalue weighted by molar-refractivity contribution is -0.148. The molecule has 1 aromatic heterocycles. The maximum atomic E-state index is 11.6. The van der Waals surface area contributed by atoms with Crippen LogP contribution >= 0.6 is 0 Å². The van der Waals surface area contributed by atoms with Gasteiger partial charge in [-0.2, -0.15) is 0 Å². The molecule has 0 saturated heterocycles. The van der Waals surface area contributed by atoms with Crippen molar-refractivity contribution in [2.24, 2.45) is 0 Å².